The molecule has 6 aromatic carbocycles. The number of fused-ring (bicyclic) bond motifs is 6. The normalized spacial score (nSPS) is 33.8. The van der Waals surface area contributed by atoms with Crippen LogP contribution in [0.5, 0.6) is 0 Å². The minimum Gasteiger partial charge on any atom is -0.447 e. The molecule has 12 aromatic rings. The van der Waals surface area contributed by atoms with E-state index in [0.717, 1.165) is 14.1 Å². The molecule has 30 nitrogen and oxygen atoms in total. The molecule has 6 aromatic heterocycles. The molecule has 6 fully saturated rings. The van der Waals surface area contributed by atoms with Gasteiger partial charge in [-0.3, -0.25) is 0 Å². The summed E-state index contributed by atoms with van der Waals surface area (Å²) >= 11 is 0. The van der Waals surface area contributed by atoms with E-state index in [-0.39, 0.29) is 75.3 Å². The first-order chi connectivity index (χ1) is 94.3. The summed E-state index contributed by atoms with van der Waals surface area (Å²) in [6.45, 7) is -35.2. The fourth-order valence-corrected chi connectivity index (χ4v) is 10.5. The van der Waals surface area contributed by atoms with Gasteiger partial charge in [-0.2, -0.15) is 0 Å². The summed E-state index contributed by atoms with van der Waals surface area (Å²) in [6.07, 6.45) is -42.1. The zero-order valence-electron chi connectivity index (χ0n) is 150. The Labute approximate surface area is 855 Å². The van der Waals surface area contributed by atoms with Crippen LogP contribution in [0.3, 0.4) is 0 Å². The van der Waals surface area contributed by atoms with Gasteiger partial charge in [-0.25, -0.2) is 28.8 Å². The fourth-order valence-electron chi connectivity index (χ4n) is 10.5. The largest absolute Gasteiger partial charge is 0.447 e. The van der Waals surface area contributed by atoms with Crippen LogP contribution < -0.4 is 31.9 Å². The Bertz CT molecular complexity index is 10100. The summed E-state index contributed by atoms with van der Waals surface area (Å²) in [7, 11) is 8.14. The van der Waals surface area contributed by atoms with Crippen molar-refractivity contribution in [2.75, 3.05) is 163 Å². The quantitative estimate of drug-likeness (QED) is 0.0186. The average Bonchev–Trinajstić information content (AvgIpc) is 1.53. The molecular formula is C96H126N18O12. The number of aromatic amines is 6. The number of hydrogen-bond donors (Lipinski definition) is 12. The Morgan fingerprint density at radius 1 is 0.302 bits per heavy atom. The van der Waals surface area contributed by atoms with Crippen molar-refractivity contribution in [3.05, 3.63) is 213 Å². The number of hydrogen-bond acceptors (Lipinski definition) is 18. The van der Waals surface area contributed by atoms with E-state index in [1.165, 1.54) is 23.9 Å². The fraction of sp³-hybridized carbons (Fsp3) is 0.438. The number of carbonyl (C=O) groups is 6. The second-order valence-electron chi connectivity index (χ2n) is 26.2. The molecular weight excluding hydrogens is 1600 g/mol. The van der Waals surface area contributed by atoms with Gasteiger partial charge in [-0.1, -0.05) is 36.3 Å². The van der Waals surface area contributed by atoms with Crippen LogP contribution in [0, 0.1) is 0 Å². The lowest BCUT2D eigenvalue weighted by Gasteiger charge is -2.09. The van der Waals surface area contributed by atoms with Gasteiger partial charge in [-0.15, -0.1) is 0 Å². The van der Waals surface area contributed by atoms with Crippen LogP contribution in [-0.2, 0) is 105 Å². The smallest absolute Gasteiger partial charge is 0.407 e. The molecule has 6 aliphatic heterocycles. The van der Waals surface area contributed by atoms with Crippen LogP contribution in [0.1, 0.15) is 165 Å². The number of amides is 6. The zero-order chi connectivity index (χ0) is 162. The average molecular weight is 1810 g/mol. The van der Waals surface area contributed by atoms with Crippen LogP contribution in [0.15, 0.2) is 146 Å². The second kappa shape index (κ2) is 43.7. The molecule has 12 heterocycles. The number of cyclic esters (lactones) is 6. The number of benzene rings is 6. The molecule has 0 radical (unpaired) electrons. The topological polar surface area (TPSA) is 344 Å². The maximum atomic E-state index is 11.7. The third-order valence-electron chi connectivity index (χ3n) is 16.1. The Balaban J connectivity index is 0.000000201. The van der Waals surface area contributed by atoms with Crippen LogP contribution >= 0.6 is 0 Å². The van der Waals surface area contributed by atoms with Gasteiger partial charge >= 0.3 is 36.6 Å². The molecule has 6 aliphatic rings. The van der Waals surface area contributed by atoms with Crippen molar-refractivity contribution in [1.82, 2.24) is 91.1 Å². The van der Waals surface area contributed by atoms with E-state index in [2.05, 4.69) is 28.4 Å². The number of aryl methyl sites for hydroxylation is 3. The molecule has 0 unspecified atom stereocenters. The standard InChI is InChI=1S/6C16H21N3O2/c6*1-19(2)6-5-12-9-17-15-4-3-11(8-14(12)15)7-13-10-21-16(20)18-13/h6*3-4,8-9,13,17H,5-7,10H2,1-2H3,(H,18,20)/t6*13-/m000000/s1/i1D3,2D3,3D,4D,6D2,7D2,8D,9D,13D;1D3,2D3,3D,4D,5D2,7D2,8D,9D,13D;1D3,3D,4D,6D2,7D2,8D,9D,13D;1D3,3D,4D,5D2,7D2,8D,9D,13D;3D,4D,6D2,7D2,8D,9D,13D;3D,4D,5D2,7D2,8D,9D,13D/hD12. The monoisotopic (exact) mass is 1810 g/mol. The minimum absolute atomic E-state index is 0.0309. The first kappa shape index (κ1) is 33.0. The van der Waals surface area contributed by atoms with E-state index in [1.54, 1.807) is 14.1 Å². The molecule has 126 heavy (non-hydrogen) atoms. The Hall–Kier alpha value is -12.1. The number of aromatic nitrogens is 6. The van der Waals surface area contributed by atoms with Crippen molar-refractivity contribution >= 4 is 102 Å². The number of ether oxygens (including phenoxy) is 6. The third kappa shape index (κ3) is 26.5. The molecule has 30 heteroatoms. The molecule has 6 saturated heterocycles. The number of likely N-dealkylation sites (N-methyl/N-ethyl adjacent to an activating group) is 6. The van der Waals surface area contributed by atoms with Crippen molar-refractivity contribution in [2.24, 2.45) is 0 Å². The molecule has 0 bridgehead atoms. The third-order valence-corrected chi connectivity index (χ3v) is 16.1. The van der Waals surface area contributed by atoms with Crippen LogP contribution in [0.25, 0.3) is 65.4 Å². The number of carbonyl (C=O) groups excluding carboxylic acids is 6. The van der Waals surface area contributed by atoms with Crippen LogP contribution in [0.2, 0.25) is 16.9 Å². The lowest BCUT2D eigenvalue weighted by Crippen LogP contribution is -2.28. The van der Waals surface area contributed by atoms with Crippen molar-refractivity contribution in [1.29, 1.82) is 0 Å². The predicted octanol–water partition coefficient (Wildman–Crippen LogP) is 11.5. The second-order valence-corrected chi connectivity index (χ2v) is 26.2. The van der Waals surface area contributed by atoms with Gasteiger partial charge in [0.05, 0.1) is 77.2 Å². The van der Waals surface area contributed by atoms with Gasteiger partial charge in [0.25, 0.3) is 0 Å². The van der Waals surface area contributed by atoms with Gasteiger partial charge in [0, 0.05) is 199 Å². The first-order valence-corrected chi connectivity index (χ1v) is 36.2. The first-order valence-electron chi connectivity index (χ1n) is 77.6. The van der Waals surface area contributed by atoms with Crippen LogP contribution in [-0.4, -0.2) is 295 Å². The Morgan fingerprint density at radius 2 is 0.516 bits per heavy atom. The highest BCUT2D eigenvalue weighted by molar-refractivity contribution is 5.88. The summed E-state index contributed by atoms with van der Waals surface area (Å²) < 4.78 is 711. The predicted molar refractivity (Wildman–Crippen MR) is 495 cm³/mol. The highest BCUT2D eigenvalue weighted by Crippen LogP contribution is 2.29. The van der Waals surface area contributed by atoms with E-state index in [4.69, 9.17) is 116 Å². The van der Waals surface area contributed by atoms with E-state index in [0.29, 0.717) is 29.7 Å². The SMILES string of the molecule is [2H]c1c(C([2H])([2H])[C@@]2([2H])COC(=O)N2[2H])c([2H])c2c(C([2H])([2H])CN(C([2H])([2H])[2H])C([2H])([2H])[2H])c([2H])n([2H])c2c1[2H].[2H]c1c(C([2H])([2H])[C@@]2([2H])COC(=O)N2[2H])c([2H])c2c(C([2H])([2H])CN(C)C([2H])([2H])[2H])c([2H])n([2H])c2c1[2H].[2H]c1c(C([2H])([2H])[C@@]2([2H])COC(=O)N2[2H])c([2H])c2c(C([2H])([2H])CN(C)C)c([2H])n([2H])c2c1[2H].[2H]c1c(C([2H])([2H])[C@@]2([2H])COC(=O)N2[2H])c([2H])c2c(CC([2H])([2H])N(C([2H])([2H])[2H])C([2H])([2H])[2H])c([2H])n([2H])c2c1[2H].[2H]c1c(C([2H])([2H])[C@@]2([2H])COC(=O)N2[2H])c([2H])c2c(CC([2H])([2H])N(C)C([2H])([2H])[2H])c([2H])n([2H])c2c1[2H].[2H]c1c(C([2H])([2H])[C@@]2([2H])COC(=O)N2[2H])c([2H])c2c(CC([2H])([2H])N(C)C)c([2H])n([2H])c2c1[2H]. The molecule has 672 valence electrons. The maximum Gasteiger partial charge on any atom is 0.407 e. The minimum atomic E-state index is -3.50. The molecule has 6 atom stereocenters. The Morgan fingerprint density at radius 3 is 0.738 bits per heavy atom. The van der Waals surface area contributed by atoms with Crippen molar-refractivity contribution in [3.63, 3.8) is 0 Å². The van der Waals surface area contributed by atoms with Crippen LogP contribution in [0.4, 0.5) is 28.8 Å². The van der Waals surface area contributed by atoms with Crippen molar-refractivity contribution in [2.45, 2.75) is 113 Å². The van der Waals surface area contributed by atoms with Gasteiger partial charge in [0.15, 0.2) is 16.9 Å². The molecule has 12 N–H and O–H groups in total. The number of alkyl carbamates (subject to hydrolysis) is 6. The number of nitrogens with one attached hydrogen (secondary N) is 12. The summed E-state index contributed by atoms with van der Waals surface area (Å²) in [5, 5.41) is -3.65. The van der Waals surface area contributed by atoms with Gasteiger partial charge < -0.3 is 120 Å². The lowest BCUT2D eigenvalue weighted by atomic mass is 10.0. The summed E-state index contributed by atoms with van der Waals surface area (Å²) in [5.74, 6) is 0. The molecule has 0 spiro atoms. The highest BCUT2D eigenvalue weighted by Gasteiger charge is 2.29. The molecule has 18 rings (SSSR count). The van der Waals surface area contributed by atoms with Crippen molar-refractivity contribution < 1.29 is 173 Å². The number of H-pyrrole nitrogens is 6. The van der Waals surface area contributed by atoms with E-state index in [9.17, 15) is 28.8 Å². The van der Waals surface area contributed by atoms with E-state index >= 15 is 0 Å². The summed E-state index contributed by atoms with van der Waals surface area (Å²) in [6, 6.07) is -32.5. The number of rotatable bonds is 30. The van der Waals surface area contributed by atoms with Gasteiger partial charge in [0.1, 0.15) is 39.6 Å². The molecule has 6 amide bonds. The zero-order valence-corrected chi connectivity index (χ0v) is 66.4. The highest BCUT2D eigenvalue weighted by atomic mass is 16.6. The van der Waals surface area contributed by atoms with Gasteiger partial charge in [0.2, 0.25) is 0 Å². The van der Waals surface area contributed by atoms with E-state index < -0.39 is 524 Å². The summed E-state index contributed by atoms with van der Waals surface area (Å²) in [5.41, 5.74) is -11.8. The van der Waals surface area contributed by atoms with Crippen molar-refractivity contribution in [3.8, 4) is 0 Å². The Kier molecular flexibility index (Phi) is 11.4. The molecule has 0 aliphatic carbocycles. The maximum absolute atomic E-state index is 11.7. The van der Waals surface area contributed by atoms with E-state index in [1.807, 2.05) is 0 Å². The molecule has 0 saturated carbocycles. The number of nitrogens with zero attached hydrogens (tertiary/aromatic N) is 6. The lowest BCUT2D eigenvalue weighted by molar-refractivity contribution is 0.176. The van der Waals surface area contributed by atoms with Gasteiger partial charge in [-0.05, 0) is 300 Å². The summed E-state index contributed by atoms with van der Waals surface area (Å²) in [4.78, 5) is 75.3.